The maximum absolute atomic E-state index is 12.3. The maximum Gasteiger partial charge on any atom is 0.312 e. The first-order valence-corrected chi connectivity index (χ1v) is 7.24. The molecule has 1 saturated heterocycles. The first-order chi connectivity index (χ1) is 8.81. The van der Waals surface area contributed by atoms with Crippen LogP contribution in [0.4, 0.5) is 0 Å². The third kappa shape index (κ3) is 3.28. The maximum atomic E-state index is 12.3. The summed E-state index contributed by atoms with van der Waals surface area (Å²) in [7, 11) is 0. The zero-order valence-electron chi connectivity index (χ0n) is 12.7. The predicted molar refractivity (Wildman–Crippen MR) is 72.6 cm³/mol. The van der Waals surface area contributed by atoms with Crippen molar-refractivity contribution in [3.63, 3.8) is 0 Å². The molecule has 110 valence electrons. The van der Waals surface area contributed by atoms with Gasteiger partial charge in [0.15, 0.2) is 5.60 Å². The molecule has 0 spiro atoms. The van der Waals surface area contributed by atoms with Crippen molar-refractivity contribution in [2.75, 3.05) is 0 Å². The van der Waals surface area contributed by atoms with E-state index in [1.54, 1.807) is 0 Å². The lowest BCUT2D eigenvalue weighted by Crippen LogP contribution is -2.45. The monoisotopic (exact) mass is 270 g/mol. The summed E-state index contributed by atoms with van der Waals surface area (Å²) < 4.78 is 11.1. The van der Waals surface area contributed by atoms with Gasteiger partial charge in [0.25, 0.3) is 0 Å². The van der Waals surface area contributed by atoms with E-state index in [1.165, 1.54) is 0 Å². The minimum atomic E-state index is -0.767. The van der Waals surface area contributed by atoms with E-state index < -0.39 is 11.0 Å². The SMILES string of the molecule is CCCC1OC(=O)CC1(CC)OC(=O)C(C)(C)CC. The van der Waals surface area contributed by atoms with Crippen molar-refractivity contribution in [1.29, 1.82) is 0 Å². The van der Waals surface area contributed by atoms with Gasteiger partial charge in [-0.1, -0.05) is 27.2 Å². The smallest absolute Gasteiger partial charge is 0.312 e. The van der Waals surface area contributed by atoms with Crippen LogP contribution >= 0.6 is 0 Å². The average molecular weight is 270 g/mol. The first kappa shape index (κ1) is 16.0. The van der Waals surface area contributed by atoms with Gasteiger partial charge in [0.05, 0.1) is 11.8 Å². The highest BCUT2D eigenvalue weighted by Crippen LogP contribution is 2.38. The van der Waals surface area contributed by atoms with Crippen molar-refractivity contribution in [2.45, 2.75) is 78.4 Å². The van der Waals surface area contributed by atoms with E-state index in [2.05, 4.69) is 0 Å². The molecule has 0 radical (unpaired) electrons. The van der Waals surface area contributed by atoms with E-state index in [0.717, 1.165) is 12.8 Å². The molecule has 19 heavy (non-hydrogen) atoms. The largest absolute Gasteiger partial charge is 0.458 e. The quantitative estimate of drug-likeness (QED) is 0.695. The zero-order chi connectivity index (χ0) is 14.7. The summed E-state index contributed by atoms with van der Waals surface area (Å²) in [5.41, 5.74) is -1.29. The Labute approximate surface area is 115 Å². The number of carbonyl (C=O) groups excluding carboxylic acids is 2. The molecule has 0 aromatic carbocycles. The van der Waals surface area contributed by atoms with E-state index in [4.69, 9.17) is 9.47 Å². The molecule has 0 aromatic heterocycles. The van der Waals surface area contributed by atoms with Crippen LogP contribution in [0.25, 0.3) is 0 Å². The van der Waals surface area contributed by atoms with Crippen LogP contribution in [0.2, 0.25) is 0 Å². The third-order valence-corrected chi connectivity index (χ3v) is 4.19. The molecule has 4 heteroatoms. The van der Waals surface area contributed by atoms with E-state index in [0.29, 0.717) is 12.8 Å². The van der Waals surface area contributed by atoms with Crippen molar-refractivity contribution >= 4 is 11.9 Å². The van der Waals surface area contributed by atoms with E-state index in [9.17, 15) is 9.59 Å². The Morgan fingerprint density at radius 1 is 1.42 bits per heavy atom. The molecule has 0 amide bonds. The van der Waals surface area contributed by atoms with Crippen LogP contribution in [0.5, 0.6) is 0 Å². The Balaban J connectivity index is 2.91. The molecule has 1 fully saturated rings. The summed E-state index contributed by atoms with van der Waals surface area (Å²) >= 11 is 0. The van der Waals surface area contributed by atoms with E-state index >= 15 is 0 Å². The molecule has 2 atom stereocenters. The third-order valence-electron chi connectivity index (χ3n) is 4.19. The minimum absolute atomic E-state index is 0.180. The fraction of sp³-hybridized carbons (Fsp3) is 0.867. The lowest BCUT2D eigenvalue weighted by atomic mass is 9.87. The van der Waals surface area contributed by atoms with Gasteiger partial charge in [-0.25, -0.2) is 0 Å². The second-order valence-electron chi connectivity index (χ2n) is 5.99. The number of carbonyl (C=O) groups is 2. The molecule has 0 aliphatic carbocycles. The lowest BCUT2D eigenvalue weighted by molar-refractivity contribution is -0.178. The normalized spacial score (nSPS) is 27.2. The Morgan fingerprint density at radius 2 is 2.05 bits per heavy atom. The number of hydrogen-bond acceptors (Lipinski definition) is 4. The fourth-order valence-electron chi connectivity index (χ4n) is 2.24. The van der Waals surface area contributed by atoms with E-state index in [1.807, 2.05) is 34.6 Å². The van der Waals surface area contributed by atoms with Gasteiger partial charge in [0.1, 0.15) is 6.10 Å². The van der Waals surface area contributed by atoms with Crippen LogP contribution in [-0.4, -0.2) is 23.6 Å². The van der Waals surface area contributed by atoms with Gasteiger partial charge in [0, 0.05) is 0 Å². The van der Waals surface area contributed by atoms with Crippen LogP contribution in [0.3, 0.4) is 0 Å². The number of ether oxygens (including phenoxy) is 2. The summed E-state index contributed by atoms with van der Waals surface area (Å²) in [4.78, 5) is 23.9. The van der Waals surface area contributed by atoms with Gasteiger partial charge in [-0.2, -0.15) is 0 Å². The van der Waals surface area contributed by atoms with Crippen LogP contribution in [0, 0.1) is 5.41 Å². The average Bonchev–Trinajstić information content (AvgIpc) is 2.66. The predicted octanol–water partition coefficient (Wildman–Crippen LogP) is 3.23. The molecule has 2 unspecified atom stereocenters. The second-order valence-corrected chi connectivity index (χ2v) is 5.99. The Hall–Kier alpha value is -1.06. The highest BCUT2D eigenvalue weighted by Gasteiger charge is 2.51. The number of cyclic esters (lactones) is 1. The van der Waals surface area contributed by atoms with Crippen LogP contribution in [-0.2, 0) is 19.1 Å². The van der Waals surface area contributed by atoms with Crippen LogP contribution in [0.15, 0.2) is 0 Å². The molecular weight excluding hydrogens is 244 g/mol. The van der Waals surface area contributed by atoms with Gasteiger partial charge in [-0.05, 0) is 33.1 Å². The summed E-state index contributed by atoms with van der Waals surface area (Å²) in [6.07, 6.45) is 2.83. The summed E-state index contributed by atoms with van der Waals surface area (Å²) in [6.45, 7) is 9.66. The standard InChI is InChI=1S/C15H26O4/c1-6-9-11-15(8-3,10-12(16)18-11)19-13(17)14(4,5)7-2/h11H,6-10H2,1-5H3. The van der Waals surface area contributed by atoms with Gasteiger partial charge in [0.2, 0.25) is 0 Å². The molecule has 0 N–H and O–H groups in total. The number of esters is 2. The highest BCUT2D eigenvalue weighted by molar-refractivity contribution is 5.79. The molecule has 0 aromatic rings. The topological polar surface area (TPSA) is 52.6 Å². The molecule has 1 heterocycles. The van der Waals surface area contributed by atoms with Crippen molar-refractivity contribution in [2.24, 2.45) is 5.41 Å². The summed E-state index contributed by atoms with van der Waals surface area (Å²) in [6, 6.07) is 0. The van der Waals surface area contributed by atoms with Gasteiger partial charge < -0.3 is 9.47 Å². The zero-order valence-corrected chi connectivity index (χ0v) is 12.7. The molecule has 1 rings (SSSR count). The molecule has 1 aliphatic heterocycles. The molecular formula is C15H26O4. The minimum Gasteiger partial charge on any atom is -0.458 e. The van der Waals surface area contributed by atoms with Gasteiger partial charge in [-0.15, -0.1) is 0 Å². The van der Waals surface area contributed by atoms with Crippen molar-refractivity contribution in [3.05, 3.63) is 0 Å². The fourth-order valence-corrected chi connectivity index (χ4v) is 2.24. The Kier molecular flexibility index (Phi) is 4.99. The molecule has 0 saturated carbocycles. The molecule has 0 bridgehead atoms. The van der Waals surface area contributed by atoms with Gasteiger partial charge >= 0.3 is 11.9 Å². The Bertz CT molecular complexity index is 348. The Morgan fingerprint density at radius 3 is 2.53 bits per heavy atom. The van der Waals surface area contributed by atoms with Crippen molar-refractivity contribution in [1.82, 2.24) is 0 Å². The van der Waals surface area contributed by atoms with Crippen LogP contribution < -0.4 is 0 Å². The molecule has 1 aliphatic rings. The van der Waals surface area contributed by atoms with Crippen LogP contribution in [0.1, 0.15) is 66.7 Å². The molecule has 4 nitrogen and oxygen atoms in total. The lowest BCUT2D eigenvalue weighted by Gasteiger charge is -2.34. The van der Waals surface area contributed by atoms with Crippen molar-refractivity contribution < 1.29 is 19.1 Å². The van der Waals surface area contributed by atoms with E-state index in [-0.39, 0.29) is 24.5 Å². The first-order valence-electron chi connectivity index (χ1n) is 7.24. The summed E-state index contributed by atoms with van der Waals surface area (Å²) in [5, 5.41) is 0. The summed E-state index contributed by atoms with van der Waals surface area (Å²) in [5.74, 6) is -0.501. The number of hydrogen-bond donors (Lipinski definition) is 0. The highest BCUT2D eigenvalue weighted by atomic mass is 16.6. The van der Waals surface area contributed by atoms with Crippen molar-refractivity contribution in [3.8, 4) is 0 Å². The van der Waals surface area contributed by atoms with Gasteiger partial charge in [-0.3, -0.25) is 9.59 Å². The number of rotatable bonds is 6. The second kappa shape index (κ2) is 5.93.